The summed E-state index contributed by atoms with van der Waals surface area (Å²) in [6.45, 7) is 8.54. The molecule has 0 aromatic rings. The van der Waals surface area contributed by atoms with Gasteiger partial charge in [-0.05, 0) is 37.5 Å². The first-order valence-electron chi connectivity index (χ1n) is 7.09. The molecule has 1 nitrogen and oxygen atoms in total. The fourth-order valence-corrected chi connectivity index (χ4v) is 2.96. The zero-order valence-corrected chi connectivity index (χ0v) is 11.2. The van der Waals surface area contributed by atoms with Gasteiger partial charge in [-0.1, -0.05) is 51.7 Å². The van der Waals surface area contributed by atoms with Gasteiger partial charge in [0.05, 0.1) is 0 Å². The van der Waals surface area contributed by atoms with Gasteiger partial charge in [-0.25, -0.2) is 0 Å². The third-order valence-electron chi connectivity index (χ3n) is 4.22. The molecule has 1 heteroatoms. The van der Waals surface area contributed by atoms with E-state index in [0.29, 0.717) is 6.04 Å². The van der Waals surface area contributed by atoms with Crippen LogP contribution in [-0.2, 0) is 0 Å². The third kappa shape index (κ3) is 4.29. The van der Waals surface area contributed by atoms with E-state index < -0.39 is 0 Å². The van der Waals surface area contributed by atoms with Crippen LogP contribution in [0.3, 0.4) is 0 Å². The Morgan fingerprint density at radius 3 is 2.38 bits per heavy atom. The van der Waals surface area contributed by atoms with Crippen LogP contribution in [0.15, 0.2) is 12.2 Å². The molecule has 94 valence electrons. The van der Waals surface area contributed by atoms with Gasteiger partial charge in [0.2, 0.25) is 0 Å². The van der Waals surface area contributed by atoms with E-state index in [0.717, 1.165) is 24.7 Å². The molecular formula is C15H29N. The van der Waals surface area contributed by atoms with Crippen LogP contribution in [0.1, 0.15) is 65.2 Å². The van der Waals surface area contributed by atoms with Crippen LogP contribution in [0.4, 0.5) is 0 Å². The predicted molar refractivity (Wildman–Crippen MR) is 72.4 cm³/mol. The smallest absolute Gasteiger partial charge is 0.0104 e. The average Bonchev–Trinajstić information content (AvgIpc) is 2.30. The Hall–Kier alpha value is -0.300. The molecule has 1 unspecified atom stereocenters. The Kier molecular flexibility index (Phi) is 6.12. The van der Waals surface area contributed by atoms with E-state index in [-0.39, 0.29) is 0 Å². The van der Waals surface area contributed by atoms with Crippen LogP contribution in [0.2, 0.25) is 0 Å². The molecule has 1 aliphatic rings. The molecule has 0 aromatic carbocycles. The molecule has 0 saturated heterocycles. The monoisotopic (exact) mass is 223 g/mol. The number of rotatable bonds is 6. The second kappa shape index (κ2) is 7.11. The van der Waals surface area contributed by atoms with Crippen LogP contribution in [0.25, 0.3) is 0 Å². The summed E-state index contributed by atoms with van der Waals surface area (Å²) in [6, 6.07) is 0.370. The lowest BCUT2D eigenvalue weighted by Gasteiger charge is -2.32. The summed E-state index contributed by atoms with van der Waals surface area (Å²) < 4.78 is 0. The molecule has 16 heavy (non-hydrogen) atoms. The Morgan fingerprint density at radius 2 is 1.88 bits per heavy atom. The maximum Gasteiger partial charge on any atom is 0.0104 e. The van der Waals surface area contributed by atoms with Gasteiger partial charge in [0.1, 0.15) is 0 Å². The molecule has 1 aliphatic carbocycles. The van der Waals surface area contributed by atoms with Crippen LogP contribution in [0.5, 0.6) is 0 Å². The summed E-state index contributed by atoms with van der Waals surface area (Å²) in [5.41, 5.74) is 7.61. The standard InChI is InChI=1S/C15H29N/c1-4-6-13-7-9-14(10-8-13)15(16)11-12(3)5-2/h13-15H,3-11,16H2,1-2H3. The molecular weight excluding hydrogens is 194 g/mol. The lowest BCUT2D eigenvalue weighted by molar-refractivity contribution is 0.232. The zero-order chi connectivity index (χ0) is 12.0. The Bertz CT molecular complexity index is 201. The highest BCUT2D eigenvalue weighted by Crippen LogP contribution is 2.34. The Labute approximate surface area is 101 Å². The number of hydrogen-bond donors (Lipinski definition) is 1. The highest BCUT2D eigenvalue weighted by atomic mass is 14.7. The topological polar surface area (TPSA) is 26.0 Å². The predicted octanol–water partition coefficient (Wildman–Crippen LogP) is 4.28. The van der Waals surface area contributed by atoms with E-state index in [9.17, 15) is 0 Å². The molecule has 1 rings (SSSR count). The van der Waals surface area contributed by atoms with E-state index in [2.05, 4.69) is 20.4 Å². The first kappa shape index (κ1) is 13.8. The fraction of sp³-hybridized carbons (Fsp3) is 0.867. The van der Waals surface area contributed by atoms with Gasteiger partial charge in [-0.3, -0.25) is 0 Å². The van der Waals surface area contributed by atoms with E-state index in [1.54, 1.807) is 0 Å². The van der Waals surface area contributed by atoms with Crippen molar-refractivity contribution in [3.8, 4) is 0 Å². The fourth-order valence-electron chi connectivity index (χ4n) is 2.96. The van der Waals surface area contributed by atoms with Crippen molar-refractivity contribution in [1.29, 1.82) is 0 Å². The molecule has 1 saturated carbocycles. The number of nitrogens with two attached hydrogens (primary N) is 1. The van der Waals surface area contributed by atoms with Crippen LogP contribution in [-0.4, -0.2) is 6.04 Å². The Balaban J connectivity index is 2.27. The van der Waals surface area contributed by atoms with Crippen molar-refractivity contribution in [2.75, 3.05) is 0 Å². The molecule has 0 radical (unpaired) electrons. The molecule has 0 spiro atoms. The van der Waals surface area contributed by atoms with Gasteiger partial charge < -0.3 is 5.73 Å². The van der Waals surface area contributed by atoms with Crippen molar-refractivity contribution < 1.29 is 0 Å². The molecule has 0 bridgehead atoms. The zero-order valence-electron chi connectivity index (χ0n) is 11.2. The number of hydrogen-bond acceptors (Lipinski definition) is 1. The van der Waals surface area contributed by atoms with Crippen molar-refractivity contribution >= 4 is 0 Å². The van der Waals surface area contributed by atoms with Gasteiger partial charge in [0.25, 0.3) is 0 Å². The second-order valence-corrected chi connectivity index (χ2v) is 5.54. The second-order valence-electron chi connectivity index (χ2n) is 5.54. The van der Waals surface area contributed by atoms with E-state index in [1.165, 1.54) is 44.1 Å². The summed E-state index contributed by atoms with van der Waals surface area (Å²) in [6.07, 6.45) is 10.4. The highest BCUT2D eigenvalue weighted by molar-refractivity contribution is 4.97. The van der Waals surface area contributed by atoms with E-state index in [1.807, 2.05) is 0 Å². The summed E-state index contributed by atoms with van der Waals surface area (Å²) in [5, 5.41) is 0. The molecule has 1 atom stereocenters. The van der Waals surface area contributed by atoms with E-state index in [4.69, 9.17) is 5.73 Å². The van der Waals surface area contributed by atoms with Crippen molar-refractivity contribution in [2.45, 2.75) is 71.3 Å². The highest BCUT2D eigenvalue weighted by Gasteiger charge is 2.25. The van der Waals surface area contributed by atoms with Crippen molar-refractivity contribution in [1.82, 2.24) is 0 Å². The average molecular weight is 223 g/mol. The van der Waals surface area contributed by atoms with Gasteiger partial charge in [0, 0.05) is 6.04 Å². The summed E-state index contributed by atoms with van der Waals surface area (Å²) in [7, 11) is 0. The SMILES string of the molecule is C=C(CC)CC(N)C1CCC(CCC)CC1. The maximum atomic E-state index is 6.28. The van der Waals surface area contributed by atoms with Crippen molar-refractivity contribution in [3.63, 3.8) is 0 Å². The molecule has 2 N–H and O–H groups in total. The minimum Gasteiger partial charge on any atom is -0.327 e. The van der Waals surface area contributed by atoms with Crippen LogP contribution in [0, 0.1) is 11.8 Å². The van der Waals surface area contributed by atoms with Gasteiger partial charge >= 0.3 is 0 Å². The molecule has 0 aliphatic heterocycles. The quantitative estimate of drug-likeness (QED) is 0.668. The van der Waals surface area contributed by atoms with Crippen LogP contribution >= 0.6 is 0 Å². The lowest BCUT2D eigenvalue weighted by Crippen LogP contribution is -2.33. The van der Waals surface area contributed by atoms with Gasteiger partial charge in [-0.15, -0.1) is 0 Å². The lowest BCUT2D eigenvalue weighted by atomic mass is 9.76. The summed E-state index contributed by atoms with van der Waals surface area (Å²) >= 11 is 0. The maximum absolute atomic E-state index is 6.28. The molecule has 0 aromatic heterocycles. The van der Waals surface area contributed by atoms with Crippen molar-refractivity contribution in [2.24, 2.45) is 17.6 Å². The largest absolute Gasteiger partial charge is 0.327 e. The summed E-state index contributed by atoms with van der Waals surface area (Å²) in [4.78, 5) is 0. The summed E-state index contributed by atoms with van der Waals surface area (Å²) in [5.74, 6) is 1.75. The molecule has 1 fully saturated rings. The minimum absolute atomic E-state index is 0.370. The third-order valence-corrected chi connectivity index (χ3v) is 4.22. The van der Waals surface area contributed by atoms with Gasteiger partial charge in [0.15, 0.2) is 0 Å². The van der Waals surface area contributed by atoms with E-state index >= 15 is 0 Å². The van der Waals surface area contributed by atoms with Crippen molar-refractivity contribution in [3.05, 3.63) is 12.2 Å². The van der Waals surface area contributed by atoms with Crippen LogP contribution < -0.4 is 5.73 Å². The minimum atomic E-state index is 0.370. The normalized spacial score (nSPS) is 27.7. The first-order chi connectivity index (χ1) is 7.67. The first-order valence-corrected chi connectivity index (χ1v) is 7.09. The molecule has 0 heterocycles. The molecule has 0 amide bonds. The van der Waals surface area contributed by atoms with Gasteiger partial charge in [-0.2, -0.15) is 0 Å². The Morgan fingerprint density at radius 1 is 1.25 bits per heavy atom.